The van der Waals surface area contributed by atoms with Crippen molar-refractivity contribution in [1.29, 1.82) is 0 Å². The Bertz CT molecular complexity index is 835. The largest absolute Gasteiger partial charge is 0.497 e. The third-order valence-electron chi connectivity index (χ3n) is 3.36. The van der Waals surface area contributed by atoms with Crippen LogP contribution in [-0.2, 0) is 13.0 Å². The molecule has 3 aromatic rings. The SMILES string of the molecule is CCc1cc(=O)n2[nH]c(NCc3ccc(OC)cc3)nc2n1. The third kappa shape index (κ3) is 2.78. The van der Waals surface area contributed by atoms with Gasteiger partial charge >= 0.3 is 0 Å². The standard InChI is InChI=1S/C15H17N5O2/c1-3-11-8-13(21)20-15(17-11)18-14(19-20)16-9-10-4-6-12(22-2)7-5-10/h4-8H,3,9H2,1-2H3,(H2,16,17,18,19). The number of benzene rings is 1. The van der Waals surface area contributed by atoms with Crippen LogP contribution >= 0.6 is 0 Å². The van der Waals surface area contributed by atoms with E-state index in [1.54, 1.807) is 7.11 Å². The average molecular weight is 299 g/mol. The van der Waals surface area contributed by atoms with Crippen LogP contribution in [0.25, 0.3) is 5.78 Å². The van der Waals surface area contributed by atoms with Crippen LogP contribution in [0.4, 0.5) is 5.95 Å². The van der Waals surface area contributed by atoms with Gasteiger partial charge < -0.3 is 10.1 Å². The molecule has 0 aliphatic heterocycles. The Kier molecular flexibility index (Phi) is 3.78. The molecule has 0 radical (unpaired) electrons. The minimum absolute atomic E-state index is 0.160. The quantitative estimate of drug-likeness (QED) is 0.747. The molecule has 2 aromatic heterocycles. The fraction of sp³-hybridized carbons (Fsp3) is 0.267. The summed E-state index contributed by atoms with van der Waals surface area (Å²) in [5.74, 6) is 1.70. The lowest BCUT2D eigenvalue weighted by Crippen LogP contribution is -2.15. The summed E-state index contributed by atoms with van der Waals surface area (Å²) in [6, 6.07) is 9.24. The van der Waals surface area contributed by atoms with Gasteiger partial charge in [-0.3, -0.25) is 9.89 Å². The van der Waals surface area contributed by atoms with Gasteiger partial charge in [-0.25, -0.2) is 4.98 Å². The van der Waals surface area contributed by atoms with Gasteiger partial charge in [0.25, 0.3) is 11.3 Å². The second-order valence-corrected chi connectivity index (χ2v) is 4.85. The fourth-order valence-electron chi connectivity index (χ4n) is 2.12. The highest BCUT2D eigenvalue weighted by Crippen LogP contribution is 2.12. The summed E-state index contributed by atoms with van der Waals surface area (Å²) < 4.78 is 6.45. The third-order valence-corrected chi connectivity index (χ3v) is 3.36. The lowest BCUT2D eigenvalue weighted by atomic mass is 10.2. The van der Waals surface area contributed by atoms with Crippen molar-refractivity contribution in [2.45, 2.75) is 19.9 Å². The smallest absolute Gasteiger partial charge is 0.274 e. The monoisotopic (exact) mass is 299 g/mol. The van der Waals surface area contributed by atoms with Crippen molar-refractivity contribution >= 4 is 11.7 Å². The summed E-state index contributed by atoms with van der Waals surface area (Å²) in [5.41, 5.74) is 1.65. The molecule has 0 fully saturated rings. The van der Waals surface area contributed by atoms with Crippen molar-refractivity contribution in [1.82, 2.24) is 19.6 Å². The molecule has 0 saturated carbocycles. The predicted molar refractivity (Wildman–Crippen MR) is 83.3 cm³/mol. The Morgan fingerprint density at radius 2 is 2.05 bits per heavy atom. The van der Waals surface area contributed by atoms with Gasteiger partial charge in [-0.2, -0.15) is 9.50 Å². The number of nitrogens with one attached hydrogen (secondary N) is 2. The summed E-state index contributed by atoms with van der Waals surface area (Å²) in [5, 5.41) is 6.05. The van der Waals surface area contributed by atoms with E-state index in [0.29, 0.717) is 24.7 Å². The van der Waals surface area contributed by atoms with E-state index in [-0.39, 0.29) is 5.56 Å². The topological polar surface area (TPSA) is 84.3 Å². The molecule has 0 unspecified atom stereocenters. The number of ether oxygens (including phenoxy) is 1. The van der Waals surface area contributed by atoms with Crippen LogP contribution in [-0.4, -0.2) is 26.7 Å². The first kappa shape index (κ1) is 14.1. The first-order chi connectivity index (χ1) is 10.7. The number of H-pyrrole nitrogens is 1. The summed E-state index contributed by atoms with van der Waals surface area (Å²) in [6.07, 6.45) is 0.702. The first-order valence-electron chi connectivity index (χ1n) is 7.05. The molecule has 1 aromatic carbocycles. The van der Waals surface area contributed by atoms with E-state index in [4.69, 9.17) is 4.74 Å². The molecule has 0 bridgehead atoms. The van der Waals surface area contributed by atoms with Gasteiger partial charge in [0.2, 0.25) is 5.95 Å². The van der Waals surface area contributed by atoms with Crippen LogP contribution in [0.1, 0.15) is 18.2 Å². The zero-order valence-electron chi connectivity index (χ0n) is 12.5. The van der Waals surface area contributed by atoms with E-state index < -0.39 is 0 Å². The van der Waals surface area contributed by atoms with Gasteiger partial charge in [0.15, 0.2) is 0 Å². The van der Waals surface area contributed by atoms with E-state index in [0.717, 1.165) is 17.0 Å². The minimum atomic E-state index is -0.160. The maximum Gasteiger partial charge on any atom is 0.274 e. The van der Waals surface area contributed by atoms with Crippen LogP contribution in [0.3, 0.4) is 0 Å². The number of aryl methyl sites for hydroxylation is 1. The lowest BCUT2D eigenvalue weighted by Gasteiger charge is -2.04. The van der Waals surface area contributed by atoms with Gasteiger partial charge in [-0.1, -0.05) is 19.1 Å². The highest BCUT2D eigenvalue weighted by Gasteiger charge is 2.07. The lowest BCUT2D eigenvalue weighted by molar-refractivity contribution is 0.414. The summed E-state index contributed by atoms with van der Waals surface area (Å²) >= 11 is 0. The van der Waals surface area contributed by atoms with Crippen LogP contribution in [0.15, 0.2) is 35.1 Å². The normalized spacial score (nSPS) is 10.8. The van der Waals surface area contributed by atoms with Crippen LogP contribution in [0.2, 0.25) is 0 Å². The molecule has 2 N–H and O–H groups in total. The second-order valence-electron chi connectivity index (χ2n) is 4.85. The van der Waals surface area contributed by atoms with Gasteiger partial charge in [0.1, 0.15) is 5.75 Å². The first-order valence-corrected chi connectivity index (χ1v) is 7.05. The summed E-state index contributed by atoms with van der Waals surface area (Å²) in [7, 11) is 1.64. The second kappa shape index (κ2) is 5.88. The van der Waals surface area contributed by atoms with E-state index in [2.05, 4.69) is 20.4 Å². The van der Waals surface area contributed by atoms with Gasteiger partial charge in [0, 0.05) is 18.3 Å². The number of nitrogens with zero attached hydrogens (tertiary/aromatic N) is 3. The molecular weight excluding hydrogens is 282 g/mol. The molecular formula is C15H17N5O2. The van der Waals surface area contributed by atoms with Gasteiger partial charge in [0.05, 0.1) is 7.11 Å². The number of aromatic nitrogens is 4. The molecule has 22 heavy (non-hydrogen) atoms. The molecule has 0 atom stereocenters. The molecule has 7 nitrogen and oxygen atoms in total. The number of rotatable bonds is 5. The predicted octanol–water partition coefficient (Wildman–Crippen LogP) is 1.60. The molecule has 0 saturated heterocycles. The maximum atomic E-state index is 11.9. The van der Waals surface area contributed by atoms with E-state index in [1.165, 1.54) is 10.6 Å². The average Bonchev–Trinajstić information content (AvgIpc) is 2.97. The van der Waals surface area contributed by atoms with Crippen LogP contribution in [0.5, 0.6) is 5.75 Å². The number of hydrogen-bond donors (Lipinski definition) is 2. The Labute approximate surface area is 127 Å². The molecule has 114 valence electrons. The number of anilines is 1. The number of fused-ring (bicyclic) bond motifs is 1. The summed E-state index contributed by atoms with van der Waals surface area (Å²) in [6.45, 7) is 2.53. The Morgan fingerprint density at radius 1 is 1.27 bits per heavy atom. The highest BCUT2D eigenvalue weighted by atomic mass is 16.5. The van der Waals surface area contributed by atoms with Crippen molar-refractivity contribution in [2.24, 2.45) is 0 Å². The molecule has 0 aliphatic carbocycles. The highest BCUT2D eigenvalue weighted by molar-refractivity contribution is 5.38. The van der Waals surface area contributed by atoms with Crippen LogP contribution in [0, 0.1) is 0 Å². The molecule has 3 rings (SSSR count). The molecule has 0 spiro atoms. The molecule has 2 heterocycles. The Morgan fingerprint density at radius 3 is 2.73 bits per heavy atom. The van der Waals surface area contributed by atoms with E-state index >= 15 is 0 Å². The maximum absolute atomic E-state index is 11.9. The summed E-state index contributed by atoms with van der Waals surface area (Å²) in [4.78, 5) is 20.5. The molecule has 7 heteroatoms. The zero-order chi connectivity index (χ0) is 15.5. The van der Waals surface area contributed by atoms with Gasteiger partial charge in [-0.05, 0) is 24.1 Å². The molecule has 0 amide bonds. The van der Waals surface area contributed by atoms with Crippen molar-refractivity contribution in [3.63, 3.8) is 0 Å². The van der Waals surface area contributed by atoms with Crippen molar-refractivity contribution < 1.29 is 4.74 Å². The van der Waals surface area contributed by atoms with Crippen LogP contribution < -0.4 is 15.6 Å². The molecule has 0 aliphatic rings. The fourth-order valence-corrected chi connectivity index (χ4v) is 2.12. The van der Waals surface area contributed by atoms with E-state index in [9.17, 15) is 4.79 Å². The number of aromatic amines is 1. The van der Waals surface area contributed by atoms with Crippen molar-refractivity contribution in [3.8, 4) is 5.75 Å². The minimum Gasteiger partial charge on any atom is -0.497 e. The number of methoxy groups -OCH3 is 1. The van der Waals surface area contributed by atoms with Crippen molar-refractivity contribution in [3.05, 3.63) is 51.9 Å². The van der Waals surface area contributed by atoms with Gasteiger partial charge in [-0.15, -0.1) is 0 Å². The van der Waals surface area contributed by atoms with E-state index in [1.807, 2.05) is 31.2 Å². The Balaban J connectivity index is 1.78. The Hall–Kier alpha value is -2.83. The van der Waals surface area contributed by atoms with Crippen molar-refractivity contribution in [2.75, 3.05) is 12.4 Å². The number of hydrogen-bond acceptors (Lipinski definition) is 5. The zero-order valence-corrected chi connectivity index (χ0v) is 12.5.